The summed E-state index contributed by atoms with van der Waals surface area (Å²) in [6.45, 7) is 3.36. The van der Waals surface area contributed by atoms with Gasteiger partial charge in [0, 0.05) is 18.6 Å². The largest absolute Gasteiger partial charge is 0.367 e. The highest BCUT2D eigenvalue weighted by Gasteiger charge is 2.38. The SMILES string of the molecule is CNC(C)c1ccc(N2CC3CCC2C3)c(Cl)c1. The van der Waals surface area contributed by atoms with Crippen molar-refractivity contribution in [2.45, 2.75) is 38.3 Å². The molecular weight excluding hydrogens is 244 g/mol. The summed E-state index contributed by atoms with van der Waals surface area (Å²) in [4.78, 5) is 2.52. The number of nitrogens with zero attached hydrogens (tertiary/aromatic N) is 1. The summed E-state index contributed by atoms with van der Waals surface area (Å²) in [5.41, 5.74) is 2.49. The minimum Gasteiger partial charge on any atom is -0.367 e. The van der Waals surface area contributed by atoms with E-state index < -0.39 is 0 Å². The van der Waals surface area contributed by atoms with Crippen LogP contribution in [-0.4, -0.2) is 19.6 Å². The molecule has 0 amide bonds. The van der Waals surface area contributed by atoms with Gasteiger partial charge in [-0.25, -0.2) is 0 Å². The van der Waals surface area contributed by atoms with Gasteiger partial charge in [0.05, 0.1) is 10.7 Å². The van der Waals surface area contributed by atoms with E-state index in [1.54, 1.807) is 0 Å². The fraction of sp³-hybridized carbons (Fsp3) is 0.600. The summed E-state index contributed by atoms with van der Waals surface area (Å²) in [5.74, 6) is 0.905. The Hall–Kier alpha value is -0.730. The minimum absolute atomic E-state index is 0.353. The van der Waals surface area contributed by atoms with Gasteiger partial charge < -0.3 is 10.2 Å². The van der Waals surface area contributed by atoms with Gasteiger partial charge in [-0.15, -0.1) is 0 Å². The van der Waals surface area contributed by atoms with Crippen molar-refractivity contribution in [1.82, 2.24) is 5.32 Å². The third kappa shape index (κ3) is 2.02. The quantitative estimate of drug-likeness (QED) is 0.897. The average molecular weight is 265 g/mol. The highest BCUT2D eigenvalue weighted by molar-refractivity contribution is 6.33. The van der Waals surface area contributed by atoms with E-state index in [1.807, 2.05) is 7.05 Å². The number of anilines is 1. The number of halogens is 1. The van der Waals surface area contributed by atoms with Gasteiger partial charge in [-0.2, -0.15) is 0 Å². The maximum absolute atomic E-state index is 6.48. The first kappa shape index (κ1) is 12.3. The predicted molar refractivity (Wildman–Crippen MR) is 77.4 cm³/mol. The highest BCUT2D eigenvalue weighted by atomic mass is 35.5. The lowest BCUT2D eigenvalue weighted by atomic mass is 10.1. The van der Waals surface area contributed by atoms with Crippen molar-refractivity contribution in [3.05, 3.63) is 28.8 Å². The van der Waals surface area contributed by atoms with Crippen LogP contribution in [0.3, 0.4) is 0 Å². The standard InChI is InChI=1S/C15H21ClN2/c1-10(17-2)12-4-6-15(14(16)8-12)18-9-11-3-5-13(18)7-11/h4,6,8,10-11,13,17H,3,5,7,9H2,1-2H3. The maximum Gasteiger partial charge on any atom is 0.0642 e. The highest BCUT2D eigenvalue weighted by Crippen LogP contribution is 2.42. The summed E-state index contributed by atoms with van der Waals surface area (Å²) >= 11 is 6.48. The van der Waals surface area contributed by atoms with E-state index in [4.69, 9.17) is 11.6 Å². The fourth-order valence-corrected chi connectivity index (χ4v) is 3.71. The molecule has 2 nitrogen and oxygen atoms in total. The Bertz CT molecular complexity index is 446. The molecule has 2 aliphatic rings. The van der Waals surface area contributed by atoms with E-state index in [-0.39, 0.29) is 0 Å². The predicted octanol–water partition coefficient (Wildman–Crippen LogP) is 3.61. The van der Waals surface area contributed by atoms with Crippen molar-refractivity contribution in [3.63, 3.8) is 0 Å². The van der Waals surface area contributed by atoms with Crippen molar-refractivity contribution < 1.29 is 0 Å². The van der Waals surface area contributed by atoms with Crippen LogP contribution >= 0.6 is 11.6 Å². The Morgan fingerprint density at radius 3 is 2.78 bits per heavy atom. The molecule has 0 spiro atoms. The van der Waals surface area contributed by atoms with Crippen LogP contribution < -0.4 is 10.2 Å². The van der Waals surface area contributed by atoms with Gasteiger partial charge in [-0.05, 0) is 56.8 Å². The van der Waals surface area contributed by atoms with E-state index in [9.17, 15) is 0 Å². The molecule has 1 aliphatic carbocycles. The number of hydrogen-bond acceptors (Lipinski definition) is 2. The molecule has 1 aromatic rings. The Morgan fingerprint density at radius 1 is 1.39 bits per heavy atom. The second-order valence-electron chi connectivity index (χ2n) is 5.71. The van der Waals surface area contributed by atoms with Crippen LogP contribution in [0.5, 0.6) is 0 Å². The zero-order valence-corrected chi connectivity index (χ0v) is 11.9. The molecule has 18 heavy (non-hydrogen) atoms. The van der Waals surface area contributed by atoms with Gasteiger partial charge in [-0.3, -0.25) is 0 Å². The normalized spacial score (nSPS) is 27.8. The lowest BCUT2D eigenvalue weighted by Crippen LogP contribution is -2.32. The Balaban J connectivity index is 1.85. The molecule has 3 heteroatoms. The monoisotopic (exact) mass is 264 g/mol. The Morgan fingerprint density at radius 2 is 2.22 bits per heavy atom. The van der Waals surface area contributed by atoms with E-state index in [0.717, 1.165) is 17.0 Å². The first-order valence-electron chi connectivity index (χ1n) is 6.92. The summed E-state index contributed by atoms with van der Waals surface area (Å²) < 4.78 is 0. The smallest absolute Gasteiger partial charge is 0.0642 e. The zero-order chi connectivity index (χ0) is 12.7. The average Bonchev–Trinajstić information content (AvgIpc) is 3.00. The Labute approximate surface area is 114 Å². The number of piperidine rings is 1. The van der Waals surface area contributed by atoms with Gasteiger partial charge in [0.25, 0.3) is 0 Å². The van der Waals surface area contributed by atoms with Crippen LogP contribution in [0.15, 0.2) is 18.2 Å². The lowest BCUT2D eigenvalue weighted by molar-refractivity contribution is 0.553. The van der Waals surface area contributed by atoms with E-state index in [2.05, 4.69) is 35.3 Å². The first-order valence-corrected chi connectivity index (χ1v) is 7.30. The summed E-state index contributed by atoms with van der Waals surface area (Å²) in [7, 11) is 1.98. The molecule has 98 valence electrons. The van der Waals surface area contributed by atoms with Crippen LogP contribution in [-0.2, 0) is 0 Å². The molecule has 3 unspecified atom stereocenters. The van der Waals surface area contributed by atoms with Crippen molar-refractivity contribution in [2.24, 2.45) is 5.92 Å². The third-order valence-electron chi connectivity index (χ3n) is 4.62. The molecule has 1 N–H and O–H groups in total. The summed E-state index contributed by atoms with van der Waals surface area (Å²) in [6.07, 6.45) is 4.12. The van der Waals surface area contributed by atoms with E-state index in [1.165, 1.54) is 37.1 Å². The molecule has 1 aromatic carbocycles. The minimum atomic E-state index is 0.353. The van der Waals surface area contributed by atoms with Gasteiger partial charge in [-0.1, -0.05) is 17.7 Å². The second-order valence-corrected chi connectivity index (χ2v) is 6.11. The summed E-state index contributed by atoms with van der Waals surface area (Å²) in [6, 6.07) is 7.61. The molecular formula is C15H21ClN2. The summed E-state index contributed by atoms with van der Waals surface area (Å²) in [5, 5.41) is 4.16. The van der Waals surface area contributed by atoms with E-state index >= 15 is 0 Å². The van der Waals surface area contributed by atoms with Crippen molar-refractivity contribution in [2.75, 3.05) is 18.5 Å². The lowest BCUT2D eigenvalue weighted by Gasteiger charge is -2.30. The molecule has 1 saturated heterocycles. The van der Waals surface area contributed by atoms with Gasteiger partial charge >= 0.3 is 0 Å². The topological polar surface area (TPSA) is 15.3 Å². The maximum atomic E-state index is 6.48. The number of rotatable bonds is 3. The fourth-order valence-electron chi connectivity index (χ4n) is 3.41. The molecule has 3 rings (SSSR count). The molecule has 1 aliphatic heterocycles. The molecule has 3 atom stereocenters. The van der Waals surface area contributed by atoms with Crippen molar-refractivity contribution in [1.29, 1.82) is 0 Å². The van der Waals surface area contributed by atoms with Gasteiger partial charge in [0.1, 0.15) is 0 Å². The van der Waals surface area contributed by atoms with Crippen LogP contribution in [0, 0.1) is 5.92 Å². The first-order chi connectivity index (χ1) is 8.69. The van der Waals surface area contributed by atoms with Crippen LogP contribution in [0.1, 0.15) is 37.8 Å². The zero-order valence-electron chi connectivity index (χ0n) is 11.1. The molecule has 1 saturated carbocycles. The van der Waals surface area contributed by atoms with Crippen LogP contribution in [0.4, 0.5) is 5.69 Å². The molecule has 0 radical (unpaired) electrons. The molecule has 0 aromatic heterocycles. The van der Waals surface area contributed by atoms with E-state index in [0.29, 0.717) is 6.04 Å². The molecule has 2 bridgehead atoms. The Kier molecular flexibility index (Phi) is 3.25. The second kappa shape index (κ2) is 4.75. The number of fused-ring (bicyclic) bond motifs is 2. The van der Waals surface area contributed by atoms with Gasteiger partial charge in [0.2, 0.25) is 0 Å². The van der Waals surface area contributed by atoms with Gasteiger partial charge in [0.15, 0.2) is 0 Å². The van der Waals surface area contributed by atoms with Crippen LogP contribution in [0.2, 0.25) is 5.02 Å². The number of nitrogens with one attached hydrogen (secondary N) is 1. The number of hydrogen-bond donors (Lipinski definition) is 1. The van der Waals surface area contributed by atoms with Crippen molar-refractivity contribution >= 4 is 17.3 Å². The van der Waals surface area contributed by atoms with Crippen molar-refractivity contribution in [3.8, 4) is 0 Å². The molecule has 1 heterocycles. The third-order valence-corrected chi connectivity index (χ3v) is 4.93. The molecule has 2 fully saturated rings. The number of benzene rings is 1. The van der Waals surface area contributed by atoms with Crippen LogP contribution in [0.25, 0.3) is 0 Å².